The molecule has 4 rings (SSSR count). The van der Waals surface area contributed by atoms with E-state index in [1.54, 1.807) is 12.4 Å². The number of aromatic nitrogens is 3. The third-order valence-corrected chi connectivity index (χ3v) is 5.60. The van der Waals surface area contributed by atoms with Gasteiger partial charge >= 0.3 is 6.01 Å². The highest BCUT2D eigenvalue weighted by atomic mass is 127. The van der Waals surface area contributed by atoms with Crippen LogP contribution in [0, 0.1) is 3.57 Å². The van der Waals surface area contributed by atoms with Crippen molar-refractivity contribution in [2.45, 2.75) is 25.7 Å². The SMILES string of the molecule is Ic1cccc(/C=N/Nc2cc(N3CCCCC3)nc(OCCc3ccccn3)n2)c1. The molecule has 1 aliphatic rings. The van der Waals surface area contributed by atoms with Crippen molar-refractivity contribution < 1.29 is 4.74 Å². The van der Waals surface area contributed by atoms with Crippen LogP contribution in [0.1, 0.15) is 30.5 Å². The van der Waals surface area contributed by atoms with Crippen molar-refractivity contribution in [2.24, 2.45) is 5.10 Å². The van der Waals surface area contributed by atoms with Gasteiger partial charge in [-0.05, 0) is 71.7 Å². The predicted octanol–water partition coefficient (Wildman–Crippen LogP) is 4.53. The first-order valence-corrected chi connectivity index (χ1v) is 11.6. The van der Waals surface area contributed by atoms with Gasteiger partial charge in [-0.2, -0.15) is 15.1 Å². The first kappa shape index (κ1) is 21.5. The van der Waals surface area contributed by atoms with E-state index in [1.165, 1.54) is 22.8 Å². The summed E-state index contributed by atoms with van der Waals surface area (Å²) in [6, 6.07) is 16.3. The van der Waals surface area contributed by atoms with Gasteiger partial charge in [0.15, 0.2) is 5.82 Å². The molecule has 0 bridgehead atoms. The zero-order valence-electron chi connectivity index (χ0n) is 17.2. The largest absolute Gasteiger partial charge is 0.463 e. The van der Waals surface area contributed by atoms with E-state index in [4.69, 9.17) is 4.74 Å². The monoisotopic (exact) mass is 528 g/mol. The van der Waals surface area contributed by atoms with Gasteiger partial charge in [0.1, 0.15) is 5.82 Å². The van der Waals surface area contributed by atoms with E-state index < -0.39 is 0 Å². The second kappa shape index (κ2) is 11.0. The Kier molecular flexibility index (Phi) is 7.65. The summed E-state index contributed by atoms with van der Waals surface area (Å²) in [4.78, 5) is 15.8. The highest BCUT2D eigenvalue weighted by molar-refractivity contribution is 14.1. The highest BCUT2D eigenvalue weighted by Crippen LogP contribution is 2.23. The van der Waals surface area contributed by atoms with Crippen LogP contribution in [0.25, 0.3) is 0 Å². The maximum Gasteiger partial charge on any atom is 0.320 e. The van der Waals surface area contributed by atoms with E-state index in [1.807, 2.05) is 36.4 Å². The minimum Gasteiger partial charge on any atom is -0.463 e. The van der Waals surface area contributed by atoms with Crippen molar-refractivity contribution in [3.8, 4) is 6.01 Å². The second-order valence-corrected chi connectivity index (χ2v) is 8.53. The Morgan fingerprint density at radius 3 is 2.77 bits per heavy atom. The number of anilines is 2. The van der Waals surface area contributed by atoms with Crippen molar-refractivity contribution in [3.05, 3.63) is 69.6 Å². The number of rotatable bonds is 8. The number of nitrogens with zero attached hydrogens (tertiary/aromatic N) is 5. The molecule has 1 aromatic carbocycles. The molecule has 0 radical (unpaired) electrons. The highest BCUT2D eigenvalue weighted by Gasteiger charge is 2.15. The maximum atomic E-state index is 5.88. The summed E-state index contributed by atoms with van der Waals surface area (Å²) in [7, 11) is 0. The summed E-state index contributed by atoms with van der Waals surface area (Å²) in [6.45, 7) is 2.46. The number of hydrazone groups is 1. The Hall–Kier alpha value is -2.75. The zero-order chi connectivity index (χ0) is 21.3. The molecule has 31 heavy (non-hydrogen) atoms. The summed E-state index contributed by atoms with van der Waals surface area (Å²) >= 11 is 2.29. The molecule has 0 amide bonds. The molecule has 0 spiro atoms. The smallest absolute Gasteiger partial charge is 0.320 e. The molecule has 0 saturated carbocycles. The Labute approximate surface area is 196 Å². The van der Waals surface area contributed by atoms with Gasteiger partial charge in [-0.3, -0.25) is 10.4 Å². The molecule has 0 aliphatic carbocycles. The van der Waals surface area contributed by atoms with Crippen molar-refractivity contribution in [1.29, 1.82) is 0 Å². The van der Waals surface area contributed by atoms with Gasteiger partial charge < -0.3 is 9.64 Å². The van der Waals surface area contributed by atoms with Crippen LogP contribution in [0.4, 0.5) is 11.6 Å². The van der Waals surface area contributed by atoms with Gasteiger partial charge in [0, 0.05) is 41.0 Å². The molecule has 7 nitrogen and oxygen atoms in total. The fourth-order valence-corrected chi connectivity index (χ4v) is 3.94. The fourth-order valence-electron chi connectivity index (χ4n) is 3.37. The molecule has 2 aromatic heterocycles. The van der Waals surface area contributed by atoms with Crippen molar-refractivity contribution in [3.63, 3.8) is 0 Å². The van der Waals surface area contributed by atoms with Crippen LogP contribution in [0.5, 0.6) is 6.01 Å². The fraction of sp³-hybridized carbons (Fsp3) is 0.304. The topological polar surface area (TPSA) is 75.5 Å². The van der Waals surface area contributed by atoms with E-state index in [0.29, 0.717) is 24.9 Å². The molecule has 0 atom stereocenters. The molecule has 3 heterocycles. The van der Waals surface area contributed by atoms with Crippen LogP contribution in [-0.4, -0.2) is 40.9 Å². The van der Waals surface area contributed by atoms with E-state index in [9.17, 15) is 0 Å². The molecule has 1 aliphatic heterocycles. The number of hydrogen-bond acceptors (Lipinski definition) is 7. The first-order valence-electron chi connectivity index (χ1n) is 10.5. The third kappa shape index (κ3) is 6.61. The number of piperidine rings is 1. The van der Waals surface area contributed by atoms with Crippen LogP contribution >= 0.6 is 22.6 Å². The Bertz CT molecular complexity index is 1010. The average Bonchev–Trinajstić information content (AvgIpc) is 2.80. The molecule has 1 saturated heterocycles. The van der Waals surface area contributed by atoms with Gasteiger partial charge in [-0.15, -0.1) is 0 Å². The summed E-state index contributed by atoms with van der Waals surface area (Å²) in [5.74, 6) is 1.49. The Morgan fingerprint density at radius 2 is 1.97 bits per heavy atom. The lowest BCUT2D eigenvalue weighted by atomic mass is 10.1. The molecule has 0 unspecified atom stereocenters. The first-order chi connectivity index (χ1) is 15.3. The van der Waals surface area contributed by atoms with Gasteiger partial charge in [0.2, 0.25) is 0 Å². The van der Waals surface area contributed by atoms with E-state index in [-0.39, 0.29) is 0 Å². The Balaban J connectivity index is 1.46. The Morgan fingerprint density at radius 1 is 1.06 bits per heavy atom. The number of ether oxygens (including phenoxy) is 1. The van der Waals surface area contributed by atoms with Crippen LogP contribution in [0.15, 0.2) is 59.8 Å². The van der Waals surface area contributed by atoms with Crippen molar-refractivity contribution in [2.75, 3.05) is 30.0 Å². The summed E-state index contributed by atoms with van der Waals surface area (Å²) in [5, 5.41) is 4.36. The minimum atomic E-state index is 0.353. The number of nitrogens with one attached hydrogen (secondary N) is 1. The lowest BCUT2D eigenvalue weighted by molar-refractivity contribution is 0.295. The molecule has 160 valence electrons. The zero-order valence-corrected chi connectivity index (χ0v) is 19.4. The average molecular weight is 528 g/mol. The van der Waals surface area contributed by atoms with Gasteiger partial charge in [0.05, 0.1) is 12.8 Å². The number of hydrogen-bond donors (Lipinski definition) is 1. The predicted molar refractivity (Wildman–Crippen MR) is 132 cm³/mol. The van der Waals surface area contributed by atoms with Crippen LogP contribution < -0.4 is 15.1 Å². The van der Waals surface area contributed by atoms with Crippen LogP contribution in [0.3, 0.4) is 0 Å². The molecule has 1 fully saturated rings. The summed E-state index contributed by atoms with van der Waals surface area (Å²) in [5.41, 5.74) is 5.04. The molecule has 3 aromatic rings. The molecular weight excluding hydrogens is 503 g/mol. The summed E-state index contributed by atoms with van der Waals surface area (Å²) in [6.07, 6.45) is 7.88. The van der Waals surface area contributed by atoms with E-state index >= 15 is 0 Å². The van der Waals surface area contributed by atoms with Crippen molar-refractivity contribution >= 4 is 40.4 Å². The molecule has 1 N–H and O–H groups in total. The maximum absolute atomic E-state index is 5.88. The molecular formula is C23H25IN6O. The van der Waals surface area contributed by atoms with Gasteiger partial charge in [-0.1, -0.05) is 18.2 Å². The van der Waals surface area contributed by atoms with E-state index in [0.717, 1.165) is 30.2 Å². The number of halogens is 1. The van der Waals surface area contributed by atoms with Crippen LogP contribution in [0.2, 0.25) is 0 Å². The molecule has 8 heteroatoms. The van der Waals surface area contributed by atoms with Gasteiger partial charge in [0.25, 0.3) is 0 Å². The lowest BCUT2D eigenvalue weighted by Crippen LogP contribution is -2.30. The number of pyridine rings is 1. The van der Waals surface area contributed by atoms with E-state index in [2.05, 4.69) is 65.1 Å². The standard InChI is InChI=1S/C23H25IN6O/c24-19-8-6-7-18(15-19)17-26-29-21-16-22(30-12-4-1-5-13-30)28-23(27-21)31-14-10-20-9-2-3-11-25-20/h2-3,6-9,11,15-17H,1,4-5,10,12-14H2,(H,27,28,29)/b26-17+. The quantitative estimate of drug-likeness (QED) is 0.263. The lowest BCUT2D eigenvalue weighted by Gasteiger charge is -2.28. The normalized spacial score (nSPS) is 14.0. The second-order valence-electron chi connectivity index (χ2n) is 7.29. The minimum absolute atomic E-state index is 0.353. The van der Waals surface area contributed by atoms with Gasteiger partial charge in [-0.25, -0.2) is 0 Å². The number of benzene rings is 1. The van der Waals surface area contributed by atoms with Crippen LogP contribution in [-0.2, 0) is 6.42 Å². The van der Waals surface area contributed by atoms with Crippen molar-refractivity contribution in [1.82, 2.24) is 15.0 Å². The summed E-state index contributed by atoms with van der Waals surface area (Å²) < 4.78 is 7.05. The third-order valence-electron chi connectivity index (χ3n) is 4.93.